The lowest BCUT2D eigenvalue weighted by Crippen LogP contribution is -2.09. The Morgan fingerprint density at radius 2 is 2.31 bits per heavy atom. The Balaban J connectivity index is 2.92. The molecule has 5 heteroatoms. The van der Waals surface area contributed by atoms with E-state index in [1.807, 2.05) is 6.92 Å². The van der Waals surface area contributed by atoms with Crippen LogP contribution in [0.25, 0.3) is 0 Å². The fourth-order valence-electron chi connectivity index (χ4n) is 1.19. The van der Waals surface area contributed by atoms with Crippen molar-refractivity contribution in [3.8, 4) is 0 Å². The van der Waals surface area contributed by atoms with Gasteiger partial charge >= 0.3 is 5.97 Å². The number of thioether (sulfide) groups is 1. The zero-order valence-corrected chi connectivity index (χ0v) is 11.4. The molecule has 1 rings (SSSR count). The molecule has 0 saturated carbocycles. The molecule has 0 amide bonds. The van der Waals surface area contributed by atoms with Gasteiger partial charge in [-0.05, 0) is 39.4 Å². The molecule has 0 aromatic heterocycles. The minimum Gasteiger partial charge on any atom is -0.467 e. The number of alkyl halides is 1. The average molecular weight is 307 g/mol. The summed E-state index contributed by atoms with van der Waals surface area (Å²) in [5, 5.41) is 0. The fraction of sp³-hybridized carbons (Fsp3) is 0.364. The molecule has 1 aromatic rings. The van der Waals surface area contributed by atoms with E-state index in [1.165, 1.54) is 7.11 Å². The van der Waals surface area contributed by atoms with Gasteiger partial charge in [0.05, 0.1) is 7.11 Å². The van der Waals surface area contributed by atoms with Crippen LogP contribution < -0.4 is 0 Å². The first-order valence-electron chi connectivity index (χ1n) is 4.74. The summed E-state index contributed by atoms with van der Waals surface area (Å²) in [6, 6.07) is 5.01. The van der Waals surface area contributed by atoms with Gasteiger partial charge in [0.25, 0.3) is 0 Å². The van der Waals surface area contributed by atoms with E-state index in [2.05, 4.69) is 20.7 Å². The van der Waals surface area contributed by atoms with E-state index in [-0.39, 0.29) is 0 Å². The van der Waals surface area contributed by atoms with Gasteiger partial charge < -0.3 is 4.74 Å². The van der Waals surface area contributed by atoms with Crippen molar-refractivity contribution in [3.05, 3.63) is 28.2 Å². The highest BCUT2D eigenvalue weighted by Gasteiger charge is 2.20. The monoisotopic (exact) mass is 306 g/mol. The van der Waals surface area contributed by atoms with Crippen molar-refractivity contribution >= 4 is 33.7 Å². The van der Waals surface area contributed by atoms with Crippen molar-refractivity contribution < 1.29 is 13.9 Å². The van der Waals surface area contributed by atoms with Crippen molar-refractivity contribution in [1.29, 1.82) is 0 Å². The molecule has 0 aliphatic heterocycles. The average Bonchev–Trinajstić information content (AvgIpc) is 2.30. The van der Waals surface area contributed by atoms with E-state index < -0.39 is 12.1 Å². The Labute approximate surface area is 107 Å². The first kappa shape index (κ1) is 13.5. The summed E-state index contributed by atoms with van der Waals surface area (Å²) in [4.78, 5) is 12.0. The number of hydrogen-bond acceptors (Lipinski definition) is 3. The number of hydrogen-bond donors (Lipinski definition) is 0. The van der Waals surface area contributed by atoms with Crippen LogP contribution in [0.1, 0.15) is 18.7 Å². The molecule has 16 heavy (non-hydrogen) atoms. The largest absolute Gasteiger partial charge is 0.467 e. The molecule has 1 atom stereocenters. The molecule has 0 spiro atoms. The predicted molar refractivity (Wildman–Crippen MR) is 66.4 cm³/mol. The smallest absolute Gasteiger partial charge is 0.345 e. The molecule has 0 aliphatic rings. The van der Waals surface area contributed by atoms with Gasteiger partial charge in [-0.25, -0.2) is 9.18 Å². The minimum absolute atomic E-state index is 0.305. The summed E-state index contributed by atoms with van der Waals surface area (Å²) in [5.41, 5.74) is 0.305. The molecule has 0 heterocycles. The highest BCUT2D eigenvalue weighted by atomic mass is 79.9. The van der Waals surface area contributed by atoms with E-state index in [0.717, 1.165) is 15.1 Å². The van der Waals surface area contributed by atoms with E-state index in [9.17, 15) is 9.18 Å². The summed E-state index contributed by atoms with van der Waals surface area (Å²) >= 11 is 5.00. The van der Waals surface area contributed by atoms with Crippen LogP contribution >= 0.6 is 27.7 Å². The lowest BCUT2D eigenvalue weighted by molar-refractivity contribution is -0.146. The van der Waals surface area contributed by atoms with Crippen LogP contribution in [-0.2, 0) is 9.53 Å². The molecular weight excluding hydrogens is 295 g/mol. The van der Waals surface area contributed by atoms with Gasteiger partial charge in [-0.15, -0.1) is 11.8 Å². The summed E-state index contributed by atoms with van der Waals surface area (Å²) < 4.78 is 18.7. The second-order valence-electron chi connectivity index (χ2n) is 3.01. The number of carbonyl (C=O) groups is 1. The summed E-state index contributed by atoms with van der Waals surface area (Å²) in [6.45, 7) is 2.04. The Kier molecular flexibility index (Phi) is 5.28. The van der Waals surface area contributed by atoms with Crippen LogP contribution in [-0.4, -0.2) is 18.8 Å². The van der Waals surface area contributed by atoms with Crippen LogP contribution in [0.4, 0.5) is 4.39 Å². The van der Waals surface area contributed by atoms with Crippen molar-refractivity contribution in [2.75, 3.05) is 12.9 Å². The van der Waals surface area contributed by atoms with Gasteiger partial charge in [0.2, 0.25) is 6.17 Å². The van der Waals surface area contributed by atoms with E-state index in [4.69, 9.17) is 0 Å². The van der Waals surface area contributed by atoms with Gasteiger partial charge in [0.15, 0.2) is 0 Å². The van der Waals surface area contributed by atoms with Crippen LogP contribution in [0.2, 0.25) is 0 Å². The van der Waals surface area contributed by atoms with Crippen molar-refractivity contribution in [2.45, 2.75) is 18.0 Å². The summed E-state index contributed by atoms with van der Waals surface area (Å²) in [6.07, 6.45) is -1.72. The Bertz CT molecular complexity index is 384. The summed E-state index contributed by atoms with van der Waals surface area (Å²) in [7, 11) is 1.17. The highest BCUT2D eigenvalue weighted by Crippen LogP contribution is 2.31. The number of esters is 1. The van der Waals surface area contributed by atoms with E-state index in [0.29, 0.717) is 5.56 Å². The first-order valence-corrected chi connectivity index (χ1v) is 6.52. The Hall–Kier alpha value is -0.550. The predicted octanol–water partition coefficient (Wildman–Crippen LogP) is 3.74. The third-order valence-electron chi connectivity index (χ3n) is 1.96. The molecule has 1 aromatic carbocycles. The van der Waals surface area contributed by atoms with E-state index in [1.54, 1.807) is 30.0 Å². The standard InChI is InChI=1S/C11H12BrFO2S/c1-3-16-9-5-4-7(6-8(9)12)10(13)11(14)15-2/h4-6,10H,3H2,1-2H3. The number of halogens is 2. The molecule has 0 N–H and O–H groups in total. The van der Waals surface area contributed by atoms with Gasteiger partial charge in [0.1, 0.15) is 0 Å². The molecule has 0 bridgehead atoms. The van der Waals surface area contributed by atoms with E-state index >= 15 is 0 Å². The van der Waals surface area contributed by atoms with Crippen molar-refractivity contribution in [1.82, 2.24) is 0 Å². The molecule has 2 nitrogen and oxygen atoms in total. The second-order valence-corrected chi connectivity index (χ2v) is 5.17. The minimum atomic E-state index is -1.72. The lowest BCUT2D eigenvalue weighted by Gasteiger charge is -2.09. The third kappa shape index (κ3) is 3.22. The maximum absolute atomic E-state index is 13.5. The first-order chi connectivity index (χ1) is 7.60. The van der Waals surface area contributed by atoms with Crippen LogP contribution in [0, 0.1) is 0 Å². The zero-order valence-electron chi connectivity index (χ0n) is 9.00. The maximum atomic E-state index is 13.5. The van der Waals surface area contributed by atoms with Crippen LogP contribution in [0.5, 0.6) is 0 Å². The molecule has 0 aliphatic carbocycles. The third-order valence-corrected chi connectivity index (χ3v) is 3.83. The summed E-state index contributed by atoms with van der Waals surface area (Å²) in [5.74, 6) is 0.0661. The van der Waals surface area contributed by atoms with Crippen LogP contribution in [0.15, 0.2) is 27.6 Å². The number of methoxy groups -OCH3 is 1. The molecule has 0 saturated heterocycles. The molecule has 0 fully saturated rings. The van der Waals surface area contributed by atoms with Crippen molar-refractivity contribution in [2.24, 2.45) is 0 Å². The SMILES string of the molecule is CCSc1ccc(C(F)C(=O)OC)cc1Br. The molecule has 88 valence electrons. The fourth-order valence-corrected chi connectivity index (χ4v) is 2.60. The Morgan fingerprint density at radius 3 is 2.81 bits per heavy atom. The molecular formula is C11H12BrFO2S. The quantitative estimate of drug-likeness (QED) is 0.626. The second kappa shape index (κ2) is 6.25. The zero-order chi connectivity index (χ0) is 12.1. The normalized spacial score (nSPS) is 12.2. The number of benzene rings is 1. The maximum Gasteiger partial charge on any atom is 0.345 e. The number of rotatable bonds is 4. The van der Waals surface area contributed by atoms with Gasteiger partial charge in [0, 0.05) is 9.37 Å². The topological polar surface area (TPSA) is 26.3 Å². The van der Waals surface area contributed by atoms with Crippen molar-refractivity contribution in [3.63, 3.8) is 0 Å². The number of ether oxygens (including phenoxy) is 1. The molecule has 0 radical (unpaired) electrons. The molecule has 1 unspecified atom stereocenters. The highest BCUT2D eigenvalue weighted by molar-refractivity contribution is 9.10. The van der Waals surface area contributed by atoms with Gasteiger partial charge in [-0.2, -0.15) is 0 Å². The lowest BCUT2D eigenvalue weighted by atomic mass is 10.1. The van der Waals surface area contributed by atoms with Crippen LogP contribution in [0.3, 0.4) is 0 Å². The van der Waals surface area contributed by atoms with Gasteiger partial charge in [-0.1, -0.05) is 13.0 Å². The van der Waals surface area contributed by atoms with Gasteiger partial charge in [-0.3, -0.25) is 0 Å². The number of carbonyl (C=O) groups excluding carboxylic acids is 1. The Morgan fingerprint density at radius 1 is 1.62 bits per heavy atom.